The Morgan fingerprint density at radius 2 is 1.86 bits per heavy atom. The van der Waals surface area contributed by atoms with Crippen molar-refractivity contribution in [2.45, 2.75) is 6.54 Å². The van der Waals surface area contributed by atoms with Crippen molar-refractivity contribution in [3.05, 3.63) is 57.8 Å². The van der Waals surface area contributed by atoms with E-state index in [2.05, 4.69) is 5.32 Å². The smallest absolute Gasteiger partial charge is 0.395 e. The van der Waals surface area contributed by atoms with Crippen LogP contribution in [0.25, 0.3) is 0 Å². The second kappa shape index (κ2) is 7.46. The van der Waals surface area contributed by atoms with Crippen LogP contribution in [0.5, 0.6) is 0 Å². The van der Waals surface area contributed by atoms with Crippen LogP contribution in [-0.2, 0) is 6.54 Å². The number of rotatable bonds is 5. The minimum absolute atomic E-state index is 0. The number of halogens is 1. The van der Waals surface area contributed by atoms with Crippen LogP contribution in [0.15, 0.2) is 40.8 Å². The molecule has 0 spiro atoms. The number of carbonyl (C=O) groups excluding carboxylic acids is 1. The quantitative estimate of drug-likeness (QED) is 0.674. The van der Waals surface area contributed by atoms with Gasteiger partial charge in [0.25, 0.3) is 5.91 Å². The number of amides is 1. The van der Waals surface area contributed by atoms with Crippen molar-refractivity contribution in [1.29, 1.82) is 0 Å². The van der Waals surface area contributed by atoms with Crippen LogP contribution in [0.2, 0.25) is 0 Å². The molecule has 0 saturated carbocycles. The first-order valence-electron chi connectivity index (χ1n) is 6.26. The Morgan fingerprint density at radius 3 is 2.36 bits per heavy atom. The van der Waals surface area contributed by atoms with Crippen molar-refractivity contribution in [1.82, 2.24) is 5.32 Å². The molecule has 8 heteroatoms. The first-order chi connectivity index (χ1) is 9.97. The molecule has 0 aliphatic heterocycles. The number of nitro groups is 1. The average molecular weight is 326 g/mol. The predicted octanol–water partition coefficient (Wildman–Crippen LogP) is 2.61. The SMILES string of the molecule is CN(C)c1ccc(CNC(=O)c2ccc([N+](=O)[O-])o2)cc1.Cl. The highest BCUT2D eigenvalue weighted by Gasteiger charge is 2.16. The first kappa shape index (κ1) is 17.5. The molecule has 1 aromatic heterocycles. The van der Waals surface area contributed by atoms with Crippen molar-refractivity contribution >= 4 is 29.9 Å². The lowest BCUT2D eigenvalue weighted by Crippen LogP contribution is -2.22. The molecule has 0 unspecified atom stereocenters. The molecule has 0 radical (unpaired) electrons. The van der Waals surface area contributed by atoms with E-state index in [1.54, 1.807) is 0 Å². The summed E-state index contributed by atoms with van der Waals surface area (Å²) in [4.78, 5) is 23.6. The van der Waals surface area contributed by atoms with Gasteiger partial charge < -0.3 is 14.6 Å². The fraction of sp³-hybridized carbons (Fsp3) is 0.214. The Bertz CT molecular complexity index is 652. The van der Waals surface area contributed by atoms with E-state index >= 15 is 0 Å². The zero-order valence-electron chi connectivity index (χ0n) is 12.1. The normalized spacial score (nSPS) is 9.73. The third-order valence-corrected chi connectivity index (χ3v) is 2.90. The maximum absolute atomic E-state index is 11.8. The van der Waals surface area contributed by atoms with E-state index in [0.717, 1.165) is 17.3 Å². The summed E-state index contributed by atoms with van der Waals surface area (Å²) in [7, 11) is 3.89. The van der Waals surface area contributed by atoms with E-state index in [1.807, 2.05) is 43.3 Å². The molecule has 118 valence electrons. The molecule has 0 atom stereocenters. The largest absolute Gasteiger partial charge is 0.433 e. The Kier molecular flexibility index (Phi) is 5.94. The molecule has 0 fully saturated rings. The number of hydrogen-bond acceptors (Lipinski definition) is 5. The maximum atomic E-state index is 11.8. The van der Waals surface area contributed by atoms with E-state index in [-0.39, 0.29) is 18.2 Å². The second-order valence-electron chi connectivity index (χ2n) is 4.64. The van der Waals surface area contributed by atoms with Gasteiger partial charge in [0.15, 0.2) is 5.76 Å². The lowest BCUT2D eigenvalue weighted by atomic mass is 10.2. The van der Waals surface area contributed by atoms with Gasteiger partial charge in [0.2, 0.25) is 0 Å². The number of nitrogens with one attached hydrogen (secondary N) is 1. The Morgan fingerprint density at radius 1 is 1.23 bits per heavy atom. The summed E-state index contributed by atoms with van der Waals surface area (Å²) in [6.45, 7) is 0.320. The van der Waals surface area contributed by atoms with Crippen molar-refractivity contribution in [3.8, 4) is 0 Å². The molecule has 1 aromatic carbocycles. The van der Waals surface area contributed by atoms with Gasteiger partial charge in [0, 0.05) is 26.3 Å². The zero-order chi connectivity index (χ0) is 15.4. The van der Waals surface area contributed by atoms with Gasteiger partial charge in [-0.3, -0.25) is 14.9 Å². The molecular weight excluding hydrogens is 310 g/mol. The van der Waals surface area contributed by atoms with Crippen molar-refractivity contribution in [2.24, 2.45) is 0 Å². The summed E-state index contributed by atoms with van der Waals surface area (Å²) in [5.74, 6) is -1.01. The number of benzene rings is 1. The molecule has 1 N–H and O–H groups in total. The van der Waals surface area contributed by atoms with Crippen LogP contribution < -0.4 is 10.2 Å². The Hall–Kier alpha value is -2.54. The molecule has 0 saturated heterocycles. The van der Waals surface area contributed by atoms with Gasteiger partial charge in [-0.2, -0.15) is 0 Å². The van der Waals surface area contributed by atoms with Gasteiger partial charge in [-0.25, -0.2) is 0 Å². The molecule has 2 rings (SSSR count). The van der Waals surface area contributed by atoms with Crippen molar-refractivity contribution in [2.75, 3.05) is 19.0 Å². The molecule has 1 amide bonds. The molecule has 1 heterocycles. The van der Waals surface area contributed by atoms with Gasteiger partial charge in [-0.1, -0.05) is 12.1 Å². The van der Waals surface area contributed by atoms with Crippen LogP contribution in [-0.4, -0.2) is 24.9 Å². The second-order valence-corrected chi connectivity index (χ2v) is 4.64. The van der Waals surface area contributed by atoms with Crippen molar-refractivity contribution in [3.63, 3.8) is 0 Å². The molecule has 0 aliphatic rings. The molecule has 7 nitrogen and oxygen atoms in total. The minimum Gasteiger partial charge on any atom is -0.395 e. The highest BCUT2D eigenvalue weighted by Crippen LogP contribution is 2.16. The first-order valence-corrected chi connectivity index (χ1v) is 6.26. The summed E-state index contributed by atoms with van der Waals surface area (Å²) in [5.41, 5.74) is 1.99. The van der Waals surface area contributed by atoms with Gasteiger partial charge >= 0.3 is 5.88 Å². The number of hydrogen-bond donors (Lipinski definition) is 1. The van der Waals surface area contributed by atoms with Gasteiger partial charge in [0.1, 0.15) is 4.92 Å². The summed E-state index contributed by atoms with van der Waals surface area (Å²) in [5, 5.41) is 13.1. The topological polar surface area (TPSA) is 88.6 Å². The summed E-state index contributed by atoms with van der Waals surface area (Å²) in [6.07, 6.45) is 0. The number of nitrogens with zero attached hydrogens (tertiary/aromatic N) is 2. The lowest BCUT2D eigenvalue weighted by molar-refractivity contribution is -0.402. The third-order valence-electron chi connectivity index (χ3n) is 2.90. The van der Waals surface area contributed by atoms with Crippen LogP contribution >= 0.6 is 12.4 Å². The Balaban J connectivity index is 0.00000242. The summed E-state index contributed by atoms with van der Waals surface area (Å²) < 4.78 is 4.83. The van der Waals surface area contributed by atoms with E-state index in [4.69, 9.17) is 4.42 Å². The predicted molar refractivity (Wildman–Crippen MR) is 84.5 cm³/mol. The lowest BCUT2D eigenvalue weighted by Gasteiger charge is -2.12. The fourth-order valence-electron chi connectivity index (χ4n) is 1.73. The van der Waals surface area contributed by atoms with Crippen LogP contribution in [0.3, 0.4) is 0 Å². The Labute approximate surface area is 133 Å². The number of furan rings is 1. The van der Waals surface area contributed by atoms with Gasteiger partial charge in [0.05, 0.1) is 6.07 Å². The molecule has 2 aromatic rings. The summed E-state index contributed by atoms with van der Waals surface area (Å²) >= 11 is 0. The van der Waals surface area contributed by atoms with Crippen LogP contribution in [0, 0.1) is 10.1 Å². The van der Waals surface area contributed by atoms with Crippen LogP contribution in [0.1, 0.15) is 16.1 Å². The number of carbonyl (C=O) groups is 1. The van der Waals surface area contributed by atoms with E-state index < -0.39 is 16.7 Å². The molecule has 0 bridgehead atoms. The standard InChI is InChI=1S/C14H15N3O4.ClH/c1-16(2)11-5-3-10(4-6-11)9-15-14(18)12-7-8-13(21-12)17(19)20;/h3-8H,9H2,1-2H3,(H,15,18);1H. The molecule has 0 aliphatic carbocycles. The van der Waals surface area contributed by atoms with Crippen LogP contribution in [0.4, 0.5) is 11.6 Å². The summed E-state index contributed by atoms with van der Waals surface area (Å²) in [6, 6.07) is 10.1. The van der Waals surface area contributed by atoms with Gasteiger partial charge in [-0.15, -0.1) is 12.4 Å². The third kappa shape index (κ3) is 4.23. The maximum Gasteiger partial charge on any atom is 0.433 e. The molecular formula is C14H16ClN3O4. The van der Waals surface area contributed by atoms with E-state index in [1.165, 1.54) is 6.07 Å². The zero-order valence-corrected chi connectivity index (χ0v) is 12.9. The molecule has 22 heavy (non-hydrogen) atoms. The highest BCUT2D eigenvalue weighted by molar-refractivity contribution is 5.91. The van der Waals surface area contributed by atoms with Crippen molar-refractivity contribution < 1.29 is 14.1 Å². The fourth-order valence-corrected chi connectivity index (χ4v) is 1.73. The monoisotopic (exact) mass is 325 g/mol. The average Bonchev–Trinajstić information content (AvgIpc) is 2.95. The van der Waals surface area contributed by atoms with E-state index in [9.17, 15) is 14.9 Å². The minimum atomic E-state index is -0.684. The van der Waals surface area contributed by atoms with E-state index in [0.29, 0.717) is 6.54 Å². The van der Waals surface area contributed by atoms with Gasteiger partial charge in [-0.05, 0) is 23.8 Å². The highest BCUT2D eigenvalue weighted by atomic mass is 35.5. The number of anilines is 1.